The third-order valence-corrected chi connectivity index (χ3v) is 5.00. The zero-order valence-corrected chi connectivity index (χ0v) is 15.8. The number of aromatic nitrogens is 2. The van der Waals surface area contributed by atoms with E-state index in [1.54, 1.807) is 12.3 Å². The van der Waals surface area contributed by atoms with Gasteiger partial charge in [-0.2, -0.15) is 0 Å². The number of aryl methyl sites for hydroxylation is 2. The van der Waals surface area contributed by atoms with Gasteiger partial charge in [-0.05, 0) is 42.9 Å². The lowest BCUT2D eigenvalue weighted by Crippen LogP contribution is -2.32. The van der Waals surface area contributed by atoms with Gasteiger partial charge in [-0.1, -0.05) is 44.9 Å². The van der Waals surface area contributed by atoms with Crippen LogP contribution in [0.3, 0.4) is 0 Å². The molecule has 1 N–H and O–H groups in total. The highest BCUT2D eigenvalue weighted by Gasteiger charge is 2.19. The first-order chi connectivity index (χ1) is 12.7. The summed E-state index contributed by atoms with van der Waals surface area (Å²) in [6.07, 6.45) is 8.09. The minimum absolute atomic E-state index is 0.0110. The molecule has 0 radical (unpaired) electrons. The van der Waals surface area contributed by atoms with Gasteiger partial charge >= 0.3 is 0 Å². The van der Waals surface area contributed by atoms with Crippen molar-refractivity contribution >= 4 is 17.5 Å². The Labute approximate surface area is 155 Å². The molecule has 0 atom stereocenters. The van der Waals surface area contributed by atoms with Gasteiger partial charge in [-0.3, -0.25) is 4.79 Å². The highest BCUT2D eigenvalue weighted by atomic mass is 16.2. The monoisotopic (exact) mass is 352 g/mol. The van der Waals surface area contributed by atoms with Crippen LogP contribution in [-0.2, 0) is 12.8 Å². The Hall–Kier alpha value is -2.43. The van der Waals surface area contributed by atoms with E-state index in [1.807, 2.05) is 4.90 Å². The SMILES string of the molecule is CCc1cccc(CC)c1Nc1nccc(C(=O)N2CCCCCC2)n1. The van der Waals surface area contributed by atoms with Crippen molar-refractivity contribution in [2.24, 2.45) is 0 Å². The fourth-order valence-corrected chi connectivity index (χ4v) is 3.49. The number of amides is 1. The first-order valence-electron chi connectivity index (χ1n) is 9.73. The lowest BCUT2D eigenvalue weighted by atomic mass is 10.0. The number of benzene rings is 1. The Bertz CT molecular complexity index is 729. The lowest BCUT2D eigenvalue weighted by molar-refractivity contribution is 0.0755. The summed E-state index contributed by atoms with van der Waals surface area (Å²) in [5, 5.41) is 3.36. The maximum Gasteiger partial charge on any atom is 0.272 e. The molecular formula is C21H28N4O. The van der Waals surface area contributed by atoms with E-state index in [2.05, 4.69) is 47.3 Å². The van der Waals surface area contributed by atoms with E-state index in [0.717, 1.165) is 44.5 Å². The number of rotatable bonds is 5. The van der Waals surface area contributed by atoms with Gasteiger partial charge in [0.15, 0.2) is 0 Å². The van der Waals surface area contributed by atoms with Crippen molar-refractivity contribution < 1.29 is 4.79 Å². The van der Waals surface area contributed by atoms with Crippen molar-refractivity contribution in [3.63, 3.8) is 0 Å². The minimum atomic E-state index is 0.0110. The third-order valence-electron chi connectivity index (χ3n) is 5.00. The van der Waals surface area contributed by atoms with Crippen LogP contribution in [0.4, 0.5) is 11.6 Å². The van der Waals surface area contributed by atoms with Gasteiger partial charge in [-0.25, -0.2) is 9.97 Å². The molecule has 1 aromatic carbocycles. The quantitative estimate of drug-likeness (QED) is 0.868. The summed E-state index contributed by atoms with van der Waals surface area (Å²) in [5.41, 5.74) is 4.00. The Morgan fingerprint density at radius 2 is 1.69 bits per heavy atom. The average Bonchev–Trinajstić information content (AvgIpc) is 2.97. The number of likely N-dealkylation sites (tertiary alicyclic amines) is 1. The normalized spacial score (nSPS) is 14.8. The second-order valence-electron chi connectivity index (χ2n) is 6.76. The van der Waals surface area contributed by atoms with Gasteiger partial charge in [0.05, 0.1) is 0 Å². The van der Waals surface area contributed by atoms with E-state index < -0.39 is 0 Å². The molecule has 5 heteroatoms. The first kappa shape index (κ1) is 18.4. The number of hydrogen-bond acceptors (Lipinski definition) is 4. The zero-order valence-electron chi connectivity index (χ0n) is 15.8. The van der Waals surface area contributed by atoms with Gasteiger partial charge in [0.2, 0.25) is 5.95 Å². The zero-order chi connectivity index (χ0) is 18.4. The van der Waals surface area contributed by atoms with Gasteiger partial charge < -0.3 is 10.2 Å². The molecule has 0 unspecified atom stereocenters. The molecule has 0 bridgehead atoms. The van der Waals surface area contributed by atoms with E-state index in [4.69, 9.17) is 0 Å². The molecule has 5 nitrogen and oxygen atoms in total. The van der Waals surface area contributed by atoms with Crippen LogP contribution < -0.4 is 5.32 Å². The van der Waals surface area contributed by atoms with Crippen molar-refractivity contribution in [3.05, 3.63) is 47.3 Å². The molecular weight excluding hydrogens is 324 g/mol. The van der Waals surface area contributed by atoms with Crippen molar-refractivity contribution in [3.8, 4) is 0 Å². The highest BCUT2D eigenvalue weighted by Crippen LogP contribution is 2.25. The van der Waals surface area contributed by atoms with Gasteiger partial charge in [-0.15, -0.1) is 0 Å². The number of nitrogens with one attached hydrogen (secondary N) is 1. The smallest absolute Gasteiger partial charge is 0.272 e. The Morgan fingerprint density at radius 1 is 1.04 bits per heavy atom. The second-order valence-corrected chi connectivity index (χ2v) is 6.76. The van der Waals surface area contributed by atoms with Crippen LogP contribution in [0.2, 0.25) is 0 Å². The predicted octanol–water partition coefficient (Wildman–Crippen LogP) is 4.36. The molecule has 26 heavy (non-hydrogen) atoms. The summed E-state index contributed by atoms with van der Waals surface area (Å²) < 4.78 is 0. The fraction of sp³-hybridized carbons (Fsp3) is 0.476. The van der Waals surface area contributed by atoms with E-state index in [1.165, 1.54) is 24.0 Å². The van der Waals surface area contributed by atoms with E-state index in [-0.39, 0.29) is 5.91 Å². The molecule has 1 aromatic heterocycles. The second kappa shape index (κ2) is 8.79. The van der Waals surface area contributed by atoms with Crippen LogP contribution in [0.5, 0.6) is 0 Å². The third kappa shape index (κ3) is 4.21. The number of carbonyl (C=O) groups is 1. The minimum Gasteiger partial charge on any atom is -0.337 e. The number of nitrogens with zero attached hydrogens (tertiary/aromatic N) is 3. The van der Waals surface area contributed by atoms with Crippen molar-refractivity contribution in [1.82, 2.24) is 14.9 Å². The standard InChI is InChI=1S/C21H28N4O/c1-3-16-10-9-11-17(4-2)19(16)24-21-22-13-12-18(23-21)20(26)25-14-7-5-6-8-15-25/h9-13H,3-8,14-15H2,1-2H3,(H,22,23,24). The number of para-hydroxylation sites is 1. The van der Waals surface area contributed by atoms with E-state index in [0.29, 0.717) is 11.6 Å². The fourth-order valence-electron chi connectivity index (χ4n) is 3.49. The Morgan fingerprint density at radius 3 is 2.31 bits per heavy atom. The van der Waals surface area contributed by atoms with E-state index >= 15 is 0 Å². The van der Waals surface area contributed by atoms with Crippen LogP contribution in [0, 0.1) is 0 Å². The molecule has 1 aliphatic rings. The van der Waals surface area contributed by atoms with Crippen LogP contribution in [-0.4, -0.2) is 33.9 Å². The molecule has 0 spiro atoms. The number of carbonyl (C=O) groups excluding carboxylic acids is 1. The van der Waals surface area contributed by atoms with Gasteiger partial charge in [0, 0.05) is 25.0 Å². The van der Waals surface area contributed by atoms with Crippen LogP contribution >= 0.6 is 0 Å². The summed E-state index contributed by atoms with van der Waals surface area (Å²) in [7, 11) is 0. The molecule has 1 amide bonds. The van der Waals surface area contributed by atoms with Gasteiger partial charge in [0.25, 0.3) is 5.91 Å². The molecule has 0 saturated carbocycles. The van der Waals surface area contributed by atoms with E-state index in [9.17, 15) is 4.79 Å². The maximum absolute atomic E-state index is 12.8. The van der Waals surface area contributed by atoms with Crippen LogP contribution in [0.15, 0.2) is 30.5 Å². The van der Waals surface area contributed by atoms with Crippen molar-refractivity contribution in [2.45, 2.75) is 52.4 Å². The number of hydrogen-bond donors (Lipinski definition) is 1. The van der Waals surface area contributed by atoms with Crippen LogP contribution in [0.1, 0.15) is 61.1 Å². The molecule has 2 aromatic rings. The average molecular weight is 352 g/mol. The molecule has 1 aliphatic heterocycles. The molecule has 1 fully saturated rings. The van der Waals surface area contributed by atoms with Crippen LogP contribution in [0.25, 0.3) is 0 Å². The first-order valence-corrected chi connectivity index (χ1v) is 9.73. The lowest BCUT2D eigenvalue weighted by Gasteiger charge is -2.20. The Balaban J connectivity index is 1.83. The summed E-state index contributed by atoms with van der Waals surface area (Å²) in [6, 6.07) is 8.04. The molecule has 0 aliphatic carbocycles. The molecule has 3 rings (SSSR count). The number of anilines is 2. The molecule has 138 valence electrons. The summed E-state index contributed by atoms with van der Waals surface area (Å²) in [4.78, 5) is 23.6. The topological polar surface area (TPSA) is 58.1 Å². The molecule has 2 heterocycles. The van der Waals surface area contributed by atoms with Crippen molar-refractivity contribution in [2.75, 3.05) is 18.4 Å². The summed E-state index contributed by atoms with van der Waals surface area (Å²) >= 11 is 0. The summed E-state index contributed by atoms with van der Waals surface area (Å²) in [5.74, 6) is 0.498. The predicted molar refractivity (Wildman–Crippen MR) is 105 cm³/mol. The van der Waals surface area contributed by atoms with Crippen molar-refractivity contribution in [1.29, 1.82) is 0 Å². The van der Waals surface area contributed by atoms with Gasteiger partial charge in [0.1, 0.15) is 5.69 Å². The Kier molecular flexibility index (Phi) is 6.21. The summed E-state index contributed by atoms with van der Waals surface area (Å²) in [6.45, 7) is 5.93. The molecule has 1 saturated heterocycles. The largest absolute Gasteiger partial charge is 0.337 e. The highest BCUT2D eigenvalue weighted by molar-refractivity contribution is 5.92. The maximum atomic E-state index is 12.8.